The Labute approximate surface area is 305 Å². The van der Waals surface area contributed by atoms with Gasteiger partial charge in [0.1, 0.15) is 12.2 Å². The van der Waals surface area contributed by atoms with E-state index in [1.807, 2.05) is 55.1 Å². The number of nitrogens with one attached hydrogen (secondary N) is 3. The molecule has 6 atom stereocenters. The van der Waals surface area contributed by atoms with E-state index in [-0.39, 0.29) is 23.5 Å². The van der Waals surface area contributed by atoms with E-state index in [2.05, 4.69) is 26.1 Å². The molecule has 53 heavy (non-hydrogen) atoms. The van der Waals surface area contributed by atoms with Crippen LogP contribution in [-0.2, 0) is 27.6 Å². The summed E-state index contributed by atoms with van der Waals surface area (Å²) < 4.78 is 36.8. The number of rotatable bonds is 12. The van der Waals surface area contributed by atoms with Crippen molar-refractivity contribution < 1.29 is 32.7 Å². The van der Waals surface area contributed by atoms with E-state index in [1.165, 1.54) is 24.3 Å². The van der Waals surface area contributed by atoms with Gasteiger partial charge in [0.15, 0.2) is 29.0 Å². The molecule has 5 aromatic rings. The molecular weight excluding hydrogens is 705 g/mol. The number of carbonyl (C=O) groups excluding carboxylic acids is 1. The van der Waals surface area contributed by atoms with Crippen LogP contribution in [0.1, 0.15) is 49.6 Å². The number of aliphatic hydroxyl groups excluding tert-OH is 2. The fourth-order valence-corrected chi connectivity index (χ4v) is 7.22. The van der Waals surface area contributed by atoms with E-state index in [0.29, 0.717) is 66.7 Å². The number of carbonyl (C=O) groups is 1. The van der Waals surface area contributed by atoms with E-state index < -0.39 is 40.5 Å². The van der Waals surface area contributed by atoms with Gasteiger partial charge in [0.2, 0.25) is 16.0 Å². The molecule has 7 N–H and O–H groups in total. The Bertz CT molecular complexity index is 2160. The molecule has 2 aliphatic heterocycles. The van der Waals surface area contributed by atoms with Gasteiger partial charge in [-0.05, 0) is 49.1 Å². The van der Waals surface area contributed by atoms with E-state index in [1.54, 1.807) is 10.9 Å². The first-order valence-corrected chi connectivity index (χ1v) is 19.0. The summed E-state index contributed by atoms with van der Waals surface area (Å²) in [5.74, 6) is 0.962. The minimum Gasteiger partial charge on any atom is -0.394 e. The van der Waals surface area contributed by atoms with E-state index in [9.17, 15) is 23.4 Å². The highest BCUT2D eigenvalue weighted by Gasteiger charge is 2.45. The molecule has 2 aromatic carbocycles. The first-order chi connectivity index (χ1) is 25.5. The number of hydrogen-bond acceptors (Lipinski definition) is 13. The Balaban J connectivity index is 1.14. The second-order valence-electron chi connectivity index (χ2n) is 13.4. The summed E-state index contributed by atoms with van der Waals surface area (Å²) in [6, 6.07) is 16.1. The highest BCUT2D eigenvalue weighted by atomic mass is 32.2. The molecule has 5 heterocycles. The minimum absolute atomic E-state index is 0.0591. The molecule has 280 valence electrons. The van der Waals surface area contributed by atoms with E-state index in [0.717, 1.165) is 11.3 Å². The highest BCUT2D eigenvalue weighted by molar-refractivity contribution is 7.89. The standard InChI is InChI=1S/C35H42N10O7S/c1-3-22-16-27(52-43-22)30-20(2)29(47)33(51-30)45-19-37-28-31(38-25(18-46)15-21-7-5-4-6-8-21)41-34(42-32(28)45)44-14-13-24(17-44)40-35(48)39-23-9-11-26(12-10-23)53(36,49)50/h4-12,16,19-20,24-25,29-30,33,46-47H,3,13-15,17-18H2,1-2H3,(H2,36,49,50)(H,38,41,42)(H2,39,40,48)/t20-,24-,25-,29+,30-,33+/m0/s1. The average Bonchev–Trinajstić information content (AvgIpc) is 3.96. The van der Waals surface area contributed by atoms with Crippen LogP contribution in [-0.4, -0.2) is 87.2 Å². The van der Waals surface area contributed by atoms with Gasteiger partial charge in [0.25, 0.3) is 0 Å². The molecule has 0 radical (unpaired) electrons. The van der Waals surface area contributed by atoms with Crippen LogP contribution in [0.25, 0.3) is 11.2 Å². The molecule has 2 saturated heterocycles. The van der Waals surface area contributed by atoms with Gasteiger partial charge in [-0.2, -0.15) is 9.97 Å². The zero-order chi connectivity index (χ0) is 37.3. The number of aliphatic hydroxyl groups is 2. The number of aromatic nitrogens is 5. The number of sulfonamides is 1. The third-order valence-electron chi connectivity index (χ3n) is 9.63. The van der Waals surface area contributed by atoms with Crippen molar-refractivity contribution in [1.82, 2.24) is 30.0 Å². The molecule has 0 bridgehead atoms. The van der Waals surface area contributed by atoms with Crippen molar-refractivity contribution in [1.29, 1.82) is 0 Å². The molecule has 2 amide bonds. The second kappa shape index (κ2) is 15.1. The van der Waals surface area contributed by atoms with Gasteiger partial charge in [-0.25, -0.2) is 23.3 Å². The number of aryl methyl sites for hydroxylation is 1. The quantitative estimate of drug-likeness (QED) is 0.108. The lowest BCUT2D eigenvalue weighted by atomic mass is 9.98. The summed E-state index contributed by atoms with van der Waals surface area (Å²) in [6.07, 6.45) is 1.05. The first kappa shape index (κ1) is 36.2. The van der Waals surface area contributed by atoms with Crippen LogP contribution in [0.2, 0.25) is 0 Å². The molecule has 0 aliphatic carbocycles. The van der Waals surface area contributed by atoms with Gasteiger partial charge in [-0.3, -0.25) is 4.57 Å². The Morgan fingerprint density at radius 1 is 1.13 bits per heavy atom. The van der Waals surface area contributed by atoms with Crippen LogP contribution in [0.15, 0.2) is 76.4 Å². The number of imidazole rings is 1. The van der Waals surface area contributed by atoms with Crippen LogP contribution < -0.4 is 26.0 Å². The van der Waals surface area contributed by atoms with Crippen LogP contribution in [0.3, 0.4) is 0 Å². The number of urea groups is 1. The highest BCUT2D eigenvalue weighted by Crippen LogP contribution is 2.44. The Kier molecular flexibility index (Phi) is 10.3. The van der Waals surface area contributed by atoms with Crippen LogP contribution in [0, 0.1) is 5.92 Å². The molecule has 2 fully saturated rings. The molecule has 7 rings (SSSR count). The second-order valence-corrected chi connectivity index (χ2v) is 14.9. The van der Waals surface area contributed by atoms with Gasteiger partial charge in [-0.1, -0.05) is 49.3 Å². The molecule has 2 aliphatic rings. The third-order valence-corrected chi connectivity index (χ3v) is 10.6. The number of amides is 2. The molecule has 0 saturated carbocycles. The van der Waals surface area contributed by atoms with Crippen molar-refractivity contribution in [2.45, 2.75) is 68.5 Å². The zero-order valence-corrected chi connectivity index (χ0v) is 30.0. The van der Waals surface area contributed by atoms with Crippen molar-refractivity contribution >= 4 is 44.7 Å². The molecule has 17 nitrogen and oxygen atoms in total. The van der Waals surface area contributed by atoms with Gasteiger partial charge in [-0.15, -0.1) is 0 Å². The summed E-state index contributed by atoms with van der Waals surface area (Å²) in [4.78, 5) is 29.2. The number of ether oxygens (including phenoxy) is 1. The van der Waals surface area contributed by atoms with Crippen molar-refractivity contribution in [2.75, 3.05) is 35.2 Å². The number of nitrogens with two attached hydrogens (primary N) is 1. The zero-order valence-electron chi connectivity index (χ0n) is 29.2. The van der Waals surface area contributed by atoms with Crippen LogP contribution in [0.4, 0.5) is 22.2 Å². The SMILES string of the molecule is CCc1cc([C@H]2O[C@@H](n3cnc4c(N[C@H](CO)Cc5ccccc5)nc(N5CC[C@H](NC(=O)Nc6ccc(S(N)(=O)=O)cc6)C5)nc43)[C@H](O)[C@@H]2C)on1. The maximum Gasteiger partial charge on any atom is 0.319 e. The molecule has 0 spiro atoms. The fourth-order valence-electron chi connectivity index (χ4n) is 6.71. The Hall–Kier alpha value is -5.14. The smallest absolute Gasteiger partial charge is 0.319 e. The summed E-state index contributed by atoms with van der Waals surface area (Å²) in [5, 5.41) is 40.2. The number of hydrogen-bond donors (Lipinski definition) is 6. The lowest BCUT2D eigenvalue weighted by Crippen LogP contribution is -2.40. The van der Waals surface area contributed by atoms with E-state index in [4.69, 9.17) is 24.4 Å². The number of primary sulfonamides is 1. The summed E-state index contributed by atoms with van der Waals surface area (Å²) in [5.41, 5.74) is 3.07. The Morgan fingerprint density at radius 2 is 1.91 bits per heavy atom. The lowest BCUT2D eigenvalue weighted by molar-refractivity contribution is -0.0426. The van der Waals surface area contributed by atoms with Gasteiger partial charge >= 0.3 is 6.03 Å². The van der Waals surface area contributed by atoms with Crippen LogP contribution in [0.5, 0.6) is 0 Å². The maximum absolute atomic E-state index is 12.9. The number of nitrogens with zero attached hydrogens (tertiary/aromatic N) is 6. The topological polar surface area (TPSA) is 236 Å². The minimum atomic E-state index is -3.86. The van der Waals surface area contributed by atoms with Crippen molar-refractivity contribution in [3.63, 3.8) is 0 Å². The summed E-state index contributed by atoms with van der Waals surface area (Å²) in [7, 11) is -3.86. The van der Waals surface area contributed by atoms with E-state index >= 15 is 0 Å². The molecule has 3 aromatic heterocycles. The fraction of sp³-hybridized carbons (Fsp3) is 0.400. The number of fused-ring (bicyclic) bond motifs is 1. The Morgan fingerprint density at radius 3 is 2.60 bits per heavy atom. The summed E-state index contributed by atoms with van der Waals surface area (Å²) in [6.45, 7) is 4.60. The number of anilines is 3. The van der Waals surface area contributed by atoms with Crippen molar-refractivity contribution in [2.24, 2.45) is 11.1 Å². The maximum atomic E-state index is 12.9. The monoisotopic (exact) mass is 746 g/mol. The first-order valence-electron chi connectivity index (χ1n) is 17.4. The average molecular weight is 747 g/mol. The van der Waals surface area contributed by atoms with Gasteiger partial charge in [0, 0.05) is 36.8 Å². The van der Waals surface area contributed by atoms with Crippen molar-refractivity contribution in [3.05, 3.63) is 84.0 Å². The van der Waals surface area contributed by atoms with Gasteiger partial charge < -0.3 is 40.3 Å². The van der Waals surface area contributed by atoms with Crippen molar-refractivity contribution in [3.8, 4) is 0 Å². The largest absolute Gasteiger partial charge is 0.394 e. The predicted octanol–water partition coefficient (Wildman–Crippen LogP) is 2.71. The lowest BCUT2D eigenvalue weighted by Gasteiger charge is -2.22. The molecule has 0 unspecified atom stereocenters. The summed E-state index contributed by atoms with van der Waals surface area (Å²) >= 11 is 0. The number of benzene rings is 2. The molecular formula is C35H42N10O7S. The van der Waals surface area contributed by atoms with Gasteiger partial charge in [0.05, 0.1) is 29.6 Å². The predicted molar refractivity (Wildman–Crippen MR) is 194 cm³/mol. The normalized spacial score (nSPS) is 22.3. The molecule has 18 heteroatoms. The van der Waals surface area contributed by atoms with Crippen LogP contribution >= 0.6 is 0 Å². The third kappa shape index (κ3) is 7.81.